The number of halogens is 3. The number of nitrogens with one attached hydrogen (secondary N) is 2. The number of amides is 2. The third-order valence-corrected chi connectivity index (χ3v) is 2.39. The monoisotopic (exact) mass is 317 g/mol. The summed E-state index contributed by atoms with van der Waals surface area (Å²) in [5.74, 6) is -2.07. The lowest BCUT2D eigenvalue weighted by Crippen LogP contribution is -2.29. The molecule has 2 N–H and O–H groups in total. The minimum Gasteiger partial charge on any atom is -0.449 e. The number of hydrogen-bond donors (Lipinski definition) is 2. The van der Waals surface area contributed by atoms with Crippen molar-refractivity contribution in [1.29, 1.82) is 0 Å². The fraction of sp³-hybridized carbons (Fsp3) is 0.308. The van der Waals surface area contributed by atoms with Crippen molar-refractivity contribution in [3.63, 3.8) is 0 Å². The van der Waals surface area contributed by atoms with Crippen LogP contribution < -0.4 is 10.7 Å². The molecule has 2 amide bonds. The second-order valence-electron chi connectivity index (χ2n) is 4.06. The predicted octanol–water partition coefficient (Wildman–Crippen LogP) is 2.66. The molecule has 0 aliphatic carbocycles. The summed E-state index contributed by atoms with van der Waals surface area (Å²) in [6, 6.07) is 5.62. The number of hydrazone groups is 1. The zero-order valence-corrected chi connectivity index (χ0v) is 11.8. The van der Waals surface area contributed by atoms with Crippen molar-refractivity contribution in [2.24, 2.45) is 5.10 Å². The lowest BCUT2D eigenvalue weighted by atomic mass is 10.1. The van der Waals surface area contributed by atoms with Crippen LogP contribution in [0.3, 0.4) is 0 Å². The molecule has 9 heteroatoms. The van der Waals surface area contributed by atoms with Crippen LogP contribution in [0.25, 0.3) is 0 Å². The van der Waals surface area contributed by atoms with Crippen LogP contribution in [0.4, 0.5) is 23.7 Å². The van der Waals surface area contributed by atoms with E-state index < -0.39 is 18.2 Å². The molecular formula is C13H14F3N3O3. The molecule has 0 fully saturated rings. The summed E-state index contributed by atoms with van der Waals surface area (Å²) < 4.78 is 41.1. The standard InChI is InChI=1S/C13H14F3N3O3/c1-3-22-12(21)19-18-8(2)9-5-4-6-10(7-9)17-11(20)13(14,15)16/h4-7H,3H2,1-2H3,(H,17,20)(H,19,21)/b18-8-. The summed E-state index contributed by atoms with van der Waals surface area (Å²) >= 11 is 0. The quantitative estimate of drug-likeness (QED) is 0.662. The maximum Gasteiger partial charge on any atom is 0.471 e. The molecule has 0 radical (unpaired) electrons. The molecule has 1 aromatic carbocycles. The normalized spacial score (nSPS) is 11.8. The van der Waals surface area contributed by atoms with Gasteiger partial charge in [-0.1, -0.05) is 12.1 Å². The van der Waals surface area contributed by atoms with Gasteiger partial charge in [-0.05, 0) is 31.5 Å². The Labute approximate surface area is 124 Å². The second kappa shape index (κ2) is 7.43. The number of nitrogens with zero attached hydrogens (tertiary/aromatic N) is 1. The number of hydrogen-bond acceptors (Lipinski definition) is 4. The van der Waals surface area contributed by atoms with E-state index in [1.54, 1.807) is 18.3 Å². The first-order chi connectivity index (χ1) is 10.2. The molecule has 0 heterocycles. The van der Waals surface area contributed by atoms with Gasteiger partial charge in [0.05, 0.1) is 12.3 Å². The van der Waals surface area contributed by atoms with Gasteiger partial charge in [0.25, 0.3) is 0 Å². The lowest BCUT2D eigenvalue weighted by Gasteiger charge is -2.09. The van der Waals surface area contributed by atoms with Gasteiger partial charge in [-0.2, -0.15) is 18.3 Å². The first-order valence-corrected chi connectivity index (χ1v) is 6.19. The topological polar surface area (TPSA) is 79.8 Å². The van der Waals surface area contributed by atoms with Crippen LogP contribution in [-0.2, 0) is 9.53 Å². The number of alkyl halides is 3. The average molecular weight is 317 g/mol. The minimum absolute atomic E-state index is 0.0366. The van der Waals surface area contributed by atoms with E-state index in [1.807, 2.05) is 0 Å². The van der Waals surface area contributed by atoms with Crippen molar-refractivity contribution in [1.82, 2.24) is 5.43 Å². The fourth-order valence-electron chi connectivity index (χ4n) is 1.38. The van der Waals surface area contributed by atoms with E-state index in [-0.39, 0.29) is 12.3 Å². The van der Waals surface area contributed by atoms with E-state index in [0.29, 0.717) is 11.3 Å². The van der Waals surface area contributed by atoms with Crippen molar-refractivity contribution in [2.75, 3.05) is 11.9 Å². The highest BCUT2D eigenvalue weighted by Crippen LogP contribution is 2.19. The smallest absolute Gasteiger partial charge is 0.449 e. The Morgan fingerprint density at radius 1 is 1.32 bits per heavy atom. The van der Waals surface area contributed by atoms with Gasteiger partial charge in [0, 0.05) is 5.69 Å². The van der Waals surface area contributed by atoms with E-state index in [0.717, 1.165) is 0 Å². The van der Waals surface area contributed by atoms with Crippen molar-refractivity contribution >= 4 is 23.4 Å². The predicted molar refractivity (Wildman–Crippen MR) is 73.5 cm³/mol. The van der Waals surface area contributed by atoms with E-state index >= 15 is 0 Å². The molecule has 0 atom stereocenters. The Bertz CT molecular complexity index is 585. The van der Waals surface area contributed by atoms with Crippen LogP contribution >= 0.6 is 0 Å². The van der Waals surface area contributed by atoms with Gasteiger partial charge in [0.15, 0.2) is 0 Å². The number of rotatable bonds is 4. The Morgan fingerprint density at radius 2 is 2.00 bits per heavy atom. The van der Waals surface area contributed by atoms with Gasteiger partial charge in [0.1, 0.15) is 0 Å². The zero-order valence-electron chi connectivity index (χ0n) is 11.8. The molecule has 120 valence electrons. The maximum absolute atomic E-state index is 12.2. The molecule has 0 aliphatic rings. The summed E-state index contributed by atoms with van der Waals surface area (Å²) in [4.78, 5) is 21.9. The van der Waals surface area contributed by atoms with Crippen LogP contribution in [0.1, 0.15) is 19.4 Å². The van der Waals surface area contributed by atoms with Gasteiger partial charge >= 0.3 is 18.2 Å². The molecule has 0 saturated carbocycles. The lowest BCUT2D eigenvalue weighted by molar-refractivity contribution is -0.167. The third kappa shape index (κ3) is 5.43. The van der Waals surface area contributed by atoms with Gasteiger partial charge in [0.2, 0.25) is 0 Å². The maximum atomic E-state index is 12.2. The first-order valence-electron chi connectivity index (χ1n) is 6.19. The zero-order chi connectivity index (χ0) is 16.8. The summed E-state index contributed by atoms with van der Waals surface area (Å²) in [7, 11) is 0. The number of carbonyl (C=O) groups excluding carboxylic acids is 2. The van der Waals surface area contributed by atoms with Gasteiger partial charge in [-0.15, -0.1) is 0 Å². The molecule has 22 heavy (non-hydrogen) atoms. The number of benzene rings is 1. The van der Waals surface area contributed by atoms with Crippen molar-refractivity contribution in [3.05, 3.63) is 29.8 Å². The minimum atomic E-state index is -4.97. The Balaban J connectivity index is 2.81. The second-order valence-corrected chi connectivity index (χ2v) is 4.06. The largest absolute Gasteiger partial charge is 0.471 e. The van der Waals surface area contributed by atoms with Crippen LogP contribution in [0.2, 0.25) is 0 Å². The number of ether oxygens (including phenoxy) is 1. The highest BCUT2D eigenvalue weighted by atomic mass is 19.4. The molecule has 0 bridgehead atoms. The summed E-state index contributed by atoms with van der Waals surface area (Å²) in [5, 5.41) is 5.47. The molecule has 1 aromatic rings. The van der Waals surface area contributed by atoms with Crippen LogP contribution in [0.5, 0.6) is 0 Å². The molecule has 1 rings (SSSR count). The highest BCUT2D eigenvalue weighted by Gasteiger charge is 2.38. The molecule has 0 spiro atoms. The van der Waals surface area contributed by atoms with Crippen LogP contribution in [0.15, 0.2) is 29.4 Å². The SMILES string of the molecule is CCOC(=O)N/N=C(/C)c1cccc(NC(=O)C(F)(F)F)c1. The van der Waals surface area contributed by atoms with E-state index in [4.69, 9.17) is 0 Å². The van der Waals surface area contributed by atoms with Gasteiger partial charge in [-0.25, -0.2) is 10.2 Å². The Hall–Kier alpha value is -2.58. The summed E-state index contributed by atoms with van der Waals surface area (Å²) in [5.41, 5.74) is 2.85. The van der Waals surface area contributed by atoms with E-state index in [2.05, 4.69) is 15.3 Å². The van der Waals surface area contributed by atoms with E-state index in [1.165, 1.54) is 25.1 Å². The molecular weight excluding hydrogens is 303 g/mol. The van der Waals surface area contributed by atoms with Crippen molar-refractivity contribution in [2.45, 2.75) is 20.0 Å². The fourth-order valence-corrected chi connectivity index (χ4v) is 1.38. The van der Waals surface area contributed by atoms with Crippen molar-refractivity contribution in [3.8, 4) is 0 Å². The Kier molecular flexibility index (Phi) is 5.90. The summed E-state index contributed by atoms with van der Waals surface area (Å²) in [6.45, 7) is 3.35. The van der Waals surface area contributed by atoms with E-state index in [9.17, 15) is 22.8 Å². The highest BCUT2D eigenvalue weighted by molar-refractivity contribution is 6.01. The summed E-state index contributed by atoms with van der Waals surface area (Å²) in [6.07, 6.45) is -5.71. The first kappa shape index (κ1) is 17.5. The molecule has 0 aliphatic heterocycles. The van der Waals surface area contributed by atoms with Gasteiger partial charge in [-0.3, -0.25) is 4.79 Å². The number of carbonyl (C=O) groups is 2. The molecule has 0 aromatic heterocycles. The van der Waals surface area contributed by atoms with Gasteiger partial charge < -0.3 is 10.1 Å². The average Bonchev–Trinajstić information content (AvgIpc) is 2.44. The van der Waals surface area contributed by atoms with Crippen LogP contribution in [0, 0.1) is 0 Å². The van der Waals surface area contributed by atoms with Crippen molar-refractivity contribution < 1.29 is 27.5 Å². The molecule has 0 unspecified atom stereocenters. The third-order valence-electron chi connectivity index (χ3n) is 2.39. The molecule has 6 nitrogen and oxygen atoms in total. The number of anilines is 1. The molecule has 0 saturated heterocycles. The Morgan fingerprint density at radius 3 is 2.59 bits per heavy atom. The van der Waals surface area contributed by atoms with Crippen LogP contribution in [-0.4, -0.2) is 30.5 Å².